The Morgan fingerprint density at radius 1 is 0.875 bits per heavy atom. The minimum absolute atomic E-state index is 0.215. The zero-order chi connectivity index (χ0) is 22.9. The maximum atomic E-state index is 12.2. The van der Waals surface area contributed by atoms with Crippen LogP contribution in [0.25, 0.3) is 0 Å². The Bertz CT molecular complexity index is 1160. The monoisotopic (exact) mass is 557 g/mol. The van der Waals surface area contributed by atoms with Crippen molar-refractivity contribution >= 4 is 55.9 Å². The fourth-order valence-electron chi connectivity index (χ4n) is 2.51. The molecular weight excluding hydrogens is 542 g/mol. The molecule has 0 fully saturated rings. The quantitative estimate of drug-likeness (QED) is 0.195. The van der Waals surface area contributed by atoms with Crippen LogP contribution in [-0.2, 0) is 4.79 Å². The van der Waals surface area contributed by atoms with E-state index in [9.17, 15) is 14.4 Å². The van der Waals surface area contributed by atoms with Crippen LogP contribution in [0.5, 0.6) is 5.75 Å². The first kappa shape index (κ1) is 23.4. The lowest BCUT2D eigenvalue weighted by Crippen LogP contribution is -2.34. The molecule has 0 aromatic heterocycles. The fourth-order valence-corrected chi connectivity index (χ4v) is 3.31. The third-order valence-corrected chi connectivity index (χ3v) is 5.04. The van der Waals surface area contributed by atoms with E-state index in [4.69, 9.17) is 4.74 Å². The molecule has 3 aromatic rings. The van der Waals surface area contributed by atoms with Gasteiger partial charge in [0, 0.05) is 14.5 Å². The van der Waals surface area contributed by atoms with E-state index < -0.39 is 11.9 Å². The van der Waals surface area contributed by atoms with Crippen LogP contribution in [0, 0.1) is 0 Å². The Kier molecular flexibility index (Phi) is 8.29. The van der Waals surface area contributed by atoms with Crippen LogP contribution in [0.15, 0.2) is 86.8 Å². The number of halogens is 2. The molecule has 3 aromatic carbocycles. The number of benzene rings is 3. The molecule has 2 amide bonds. The first-order chi connectivity index (χ1) is 15.4. The molecule has 0 unspecified atom stereocenters. The lowest BCUT2D eigenvalue weighted by molar-refractivity contribution is -0.120. The zero-order valence-corrected chi connectivity index (χ0v) is 19.7. The van der Waals surface area contributed by atoms with Crippen molar-refractivity contribution in [2.45, 2.75) is 0 Å². The van der Waals surface area contributed by atoms with Crippen LogP contribution in [-0.4, -0.2) is 30.5 Å². The second-order valence-corrected chi connectivity index (χ2v) is 8.29. The summed E-state index contributed by atoms with van der Waals surface area (Å²) in [7, 11) is 0. The molecule has 0 aliphatic rings. The Morgan fingerprint density at radius 2 is 1.50 bits per heavy atom. The van der Waals surface area contributed by atoms with Crippen LogP contribution in [0.2, 0.25) is 0 Å². The molecule has 7 nitrogen and oxygen atoms in total. The Hall–Kier alpha value is -3.30. The summed E-state index contributed by atoms with van der Waals surface area (Å²) < 4.78 is 6.89. The minimum Gasteiger partial charge on any atom is -0.423 e. The van der Waals surface area contributed by atoms with Crippen molar-refractivity contribution < 1.29 is 19.1 Å². The highest BCUT2D eigenvalue weighted by molar-refractivity contribution is 9.10. The van der Waals surface area contributed by atoms with Gasteiger partial charge in [-0.15, -0.1) is 0 Å². The van der Waals surface area contributed by atoms with Crippen molar-refractivity contribution in [2.24, 2.45) is 5.10 Å². The predicted octanol–water partition coefficient (Wildman–Crippen LogP) is 4.31. The van der Waals surface area contributed by atoms with Gasteiger partial charge < -0.3 is 10.1 Å². The number of nitrogens with zero attached hydrogens (tertiary/aromatic N) is 1. The van der Waals surface area contributed by atoms with Gasteiger partial charge in [-0.2, -0.15) is 5.10 Å². The van der Waals surface area contributed by atoms with Crippen LogP contribution in [0.4, 0.5) is 0 Å². The van der Waals surface area contributed by atoms with Crippen molar-refractivity contribution in [1.82, 2.24) is 10.7 Å². The standard InChI is InChI=1S/C23H17Br2N3O4/c24-18-5-1-3-16(11-18)22(30)26-14-21(29)28-27-13-15-7-9-20(10-8-15)32-23(31)17-4-2-6-19(25)12-17/h1-13H,14H2,(H,26,30)(H,28,29)/b27-13-. The molecule has 3 rings (SSSR count). The summed E-state index contributed by atoms with van der Waals surface area (Å²) in [5.41, 5.74) is 3.90. The maximum Gasteiger partial charge on any atom is 0.343 e. The van der Waals surface area contributed by atoms with Gasteiger partial charge >= 0.3 is 5.97 Å². The van der Waals surface area contributed by atoms with Crippen molar-refractivity contribution in [2.75, 3.05) is 6.54 Å². The minimum atomic E-state index is -0.468. The lowest BCUT2D eigenvalue weighted by atomic mass is 10.2. The van der Waals surface area contributed by atoms with Gasteiger partial charge in [0.15, 0.2) is 0 Å². The van der Waals surface area contributed by atoms with Gasteiger partial charge in [0.05, 0.1) is 18.3 Å². The molecule has 0 aliphatic heterocycles. The highest BCUT2D eigenvalue weighted by Gasteiger charge is 2.09. The normalized spacial score (nSPS) is 10.6. The number of carbonyl (C=O) groups excluding carboxylic acids is 3. The van der Waals surface area contributed by atoms with Crippen molar-refractivity contribution in [3.63, 3.8) is 0 Å². The smallest absolute Gasteiger partial charge is 0.343 e. The molecule has 2 N–H and O–H groups in total. The van der Waals surface area contributed by atoms with E-state index in [-0.39, 0.29) is 12.5 Å². The average molecular weight is 559 g/mol. The van der Waals surface area contributed by atoms with E-state index in [1.54, 1.807) is 66.7 Å². The number of esters is 1. The largest absolute Gasteiger partial charge is 0.423 e. The zero-order valence-electron chi connectivity index (χ0n) is 16.5. The molecule has 0 aliphatic carbocycles. The summed E-state index contributed by atoms with van der Waals surface area (Å²) in [5, 5.41) is 6.38. The van der Waals surface area contributed by atoms with Crippen molar-refractivity contribution in [3.8, 4) is 5.75 Å². The number of hydrazone groups is 1. The topological polar surface area (TPSA) is 96.9 Å². The Morgan fingerprint density at radius 3 is 2.16 bits per heavy atom. The van der Waals surface area contributed by atoms with Gasteiger partial charge in [-0.05, 0) is 66.2 Å². The second kappa shape index (κ2) is 11.4. The molecule has 0 saturated carbocycles. The number of amides is 2. The summed E-state index contributed by atoms with van der Waals surface area (Å²) >= 11 is 6.61. The number of carbonyl (C=O) groups is 3. The van der Waals surface area contributed by atoms with E-state index >= 15 is 0 Å². The highest BCUT2D eigenvalue weighted by Crippen LogP contribution is 2.16. The SMILES string of the molecule is O=C(CNC(=O)c1cccc(Br)c1)N/N=C\c1ccc(OC(=O)c2cccc(Br)c2)cc1. The molecular formula is C23H17Br2N3O4. The molecule has 0 radical (unpaired) electrons. The van der Waals surface area contributed by atoms with Gasteiger partial charge in [0.1, 0.15) is 5.75 Å². The number of ether oxygens (including phenoxy) is 1. The molecule has 0 saturated heterocycles. The first-order valence-electron chi connectivity index (χ1n) is 9.34. The molecule has 162 valence electrons. The van der Waals surface area contributed by atoms with E-state index in [0.717, 1.165) is 8.95 Å². The van der Waals surface area contributed by atoms with Gasteiger partial charge in [-0.25, -0.2) is 10.2 Å². The van der Waals surface area contributed by atoms with Gasteiger partial charge in [-0.3, -0.25) is 9.59 Å². The second-order valence-electron chi connectivity index (χ2n) is 6.46. The number of rotatable bonds is 7. The number of nitrogens with one attached hydrogen (secondary N) is 2. The molecule has 0 atom stereocenters. The third kappa shape index (κ3) is 7.14. The molecule has 32 heavy (non-hydrogen) atoms. The fraction of sp³-hybridized carbons (Fsp3) is 0.0435. The summed E-state index contributed by atoms with van der Waals surface area (Å²) in [6.07, 6.45) is 1.44. The third-order valence-electron chi connectivity index (χ3n) is 4.05. The van der Waals surface area contributed by atoms with Crippen molar-refractivity contribution in [3.05, 3.63) is 98.4 Å². The van der Waals surface area contributed by atoms with Gasteiger partial charge in [0.25, 0.3) is 11.8 Å². The van der Waals surface area contributed by atoms with Crippen LogP contribution >= 0.6 is 31.9 Å². The molecule has 0 heterocycles. The number of hydrogen-bond donors (Lipinski definition) is 2. The van der Waals surface area contributed by atoms with Crippen LogP contribution in [0.3, 0.4) is 0 Å². The predicted molar refractivity (Wildman–Crippen MR) is 128 cm³/mol. The van der Waals surface area contributed by atoms with E-state index in [0.29, 0.717) is 22.4 Å². The van der Waals surface area contributed by atoms with Crippen LogP contribution < -0.4 is 15.5 Å². The summed E-state index contributed by atoms with van der Waals surface area (Å²) in [4.78, 5) is 36.0. The van der Waals surface area contributed by atoms with Crippen LogP contribution in [0.1, 0.15) is 26.3 Å². The summed E-state index contributed by atoms with van der Waals surface area (Å²) in [5.74, 6) is -0.918. The molecule has 0 bridgehead atoms. The highest BCUT2D eigenvalue weighted by atomic mass is 79.9. The van der Waals surface area contributed by atoms with E-state index in [2.05, 4.69) is 47.7 Å². The average Bonchev–Trinajstić information content (AvgIpc) is 2.78. The van der Waals surface area contributed by atoms with E-state index in [1.807, 2.05) is 6.07 Å². The summed E-state index contributed by atoms with van der Waals surface area (Å²) in [6, 6.07) is 20.4. The first-order valence-corrected chi connectivity index (χ1v) is 10.9. The van der Waals surface area contributed by atoms with Gasteiger partial charge in [-0.1, -0.05) is 44.0 Å². The Balaban J connectivity index is 1.45. The molecule has 0 spiro atoms. The van der Waals surface area contributed by atoms with Crippen molar-refractivity contribution in [1.29, 1.82) is 0 Å². The number of hydrogen-bond acceptors (Lipinski definition) is 5. The Labute approximate surface area is 201 Å². The lowest BCUT2D eigenvalue weighted by Gasteiger charge is -2.05. The maximum absolute atomic E-state index is 12.2. The summed E-state index contributed by atoms with van der Waals surface area (Å²) in [6.45, 7) is -0.215. The molecule has 9 heteroatoms. The van der Waals surface area contributed by atoms with Gasteiger partial charge in [0.2, 0.25) is 0 Å². The van der Waals surface area contributed by atoms with E-state index in [1.165, 1.54) is 6.21 Å².